The lowest BCUT2D eigenvalue weighted by atomic mass is 9.97. The van der Waals surface area contributed by atoms with Crippen LogP contribution in [0.2, 0.25) is 0 Å². The van der Waals surface area contributed by atoms with Gasteiger partial charge in [0.25, 0.3) is 5.69 Å². The predicted octanol–water partition coefficient (Wildman–Crippen LogP) is 4.03. The standard InChI is InChI=1S/C16H13NO5/c1-20-14-8-12-11(4-3-5-13(12)17(18)19)15(16(14)21-2)10-6-7-22-9-10/h3-9H,1-2H3. The van der Waals surface area contributed by atoms with Crippen molar-refractivity contribution >= 4 is 16.5 Å². The molecule has 22 heavy (non-hydrogen) atoms. The molecule has 0 N–H and O–H groups in total. The number of nitrogens with zero attached hydrogens (tertiary/aromatic N) is 1. The lowest BCUT2D eigenvalue weighted by Crippen LogP contribution is -1.96. The highest BCUT2D eigenvalue weighted by Gasteiger charge is 2.22. The first-order chi connectivity index (χ1) is 10.7. The summed E-state index contributed by atoms with van der Waals surface area (Å²) in [5, 5.41) is 12.5. The van der Waals surface area contributed by atoms with Gasteiger partial charge >= 0.3 is 0 Å². The zero-order chi connectivity index (χ0) is 15.7. The molecule has 0 atom stereocenters. The van der Waals surface area contributed by atoms with E-state index in [1.807, 2.05) is 6.07 Å². The van der Waals surface area contributed by atoms with Crippen LogP contribution in [0.5, 0.6) is 11.5 Å². The molecule has 0 spiro atoms. The third kappa shape index (κ3) is 2.05. The van der Waals surface area contributed by atoms with Gasteiger partial charge in [-0.1, -0.05) is 12.1 Å². The maximum Gasteiger partial charge on any atom is 0.277 e. The van der Waals surface area contributed by atoms with Crippen molar-refractivity contribution in [3.05, 3.63) is 53.0 Å². The molecule has 6 nitrogen and oxygen atoms in total. The number of hydrogen-bond donors (Lipinski definition) is 0. The van der Waals surface area contributed by atoms with Gasteiger partial charge < -0.3 is 13.9 Å². The van der Waals surface area contributed by atoms with Crippen molar-refractivity contribution in [2.75, 3.05) is 14.2 Å². The third-order valence-electron chi connectivity index (χ3n) is 3.51. The van der Waals surface area contributed by atoms with Crippen molar-refractivity contribution in [3.8, 4) is 22.6 Å². The molecule has 0 aliphatic heterocycles. The van der Waals surface area contributed by atoms with Crippen LogP contribution in [-0.4, -0.2) is 19.1 Å². The van der Waals surface area contributed by atoms with Gasteiger partial charge in [-0.2, -0.15) is 0 Å². The van der Waals surface area contributed by atoms with E-state index in [4.69, 9.17) is 13.9 Å². The number of fused-ring (bicyclic) bond motifs is 1. The Balaban J connectivity index is 2.49. The second-order valence-electron chi connectivity index (χ2n) is 4.63. The maximum atomic E-state index is 11.3. The molecule has 0 aliphatic rings. The molecule has 0 saturated heterocycles. The van der Waals surface area contributed by atoms with Crippen molar-refractivity contribution in [2.45, 2.75) is 0 Å². The highest BCUT2D eigenvalue weighted by Crippen LogP contribution is 2.45. The summed E-state index contributed by atoms with van der Waals surface area (Å²) in [6.07, 6.45) is 3.10. The first-order valence-electron chi connectivity index (χ1n) is 6.52. The summed E-state index contributed by atoms with van der Waals surface area (Å²) in [4.78, 5) is 10.9. The second kappa shape index (κ2) is 5.40. The predicted molar refractivity (Wildman–Crippen MR) is 81.4 cm³/mol. The number of rotatable bonds is 4. The highest BCUT2D eigenvalue weighted by molar-refractivity contribution is 6.05. The van der Waals surface area contributed by atoms with Gasteiger partial charge in [0, 0.05) is 22.6 Å². The summed E-state index contributed by atoms with van der Waals surface area (Å²) in [7, 11) is 3.03. The van der Waals surface area contributed by atoms with Crippen LogP contribution in [0.3, 0.4) is 0 Å². The minimum atomic E-state index is -0.409. The van der Waals surface area contributed by atoms with Gasteiger partial charge in [-0.15, -0.1) is 0 Å². The maximum absolute atomic E-state index is 11.3. The van der Waals surface area contributed by atoms with E-state index in [-0.39, 0.29) is 5.69 Å². The van der Waals surface area contributed by atoms with Crippen molar-refractivity contribution in [1.82, 2.24) is 0 Å². The number of ether oxygens (including phenoxy) is 2. The number of furan rings is 1. The molecule has 3 rings (SSSR count). The zero-order valence-electron chi connectivity index (χ0n) is 12.0. The van der Waals surface area contributed by atoms with E-state index in [1.165, 1.54) is 26.5 Å². The average molecular weight is 299 g/mol. The van der Waals surface area contributed by atoms with Gasteiger partial charge in [-0.25, -0.2) is 0 Å². The Kier molecular flexibility index (Phi) is 3.42. The summed E-state index contributed by atoms with van der Waals surface area (Å²) in [5.74, 6) is 0.942. The molecule has 0 bridgehead atoms. The van der Waals surface area contributed by atoms with Crippen LogP contribution >= 0.6 is 0 Å². The monoisotopic (exact) mass is 299 g/mol. The molecule has 112 valence electrons. The topological polar surface area (TPSA) is 74.7 Å². The van der Waals surface area contributed by atoms with Crippen molar-refractivity contribution in [2.24, 2.45) is 0 Å². The number of hydrogen-bond acceptors (Lipinski definition) is 5. The van der Waals surface area contributed by atoms with Crippen LogP contribution in [0.4, 0.5) is 5.69 Å². The minimum absolute atomic E-state index is 0.0168. The Morgan fingerprint density at radius 3 is 2.55 bits per heavy atom. The van der Waals surface area contributed by atoms with Crippen LogP contribution in [-0.2, 0) is 0 Å². The van der Waals surface area contributed by atoms with E-state index in [9.17, 15) is 10.1 Å². The molecule has 0 amide bonds. The Morgan fingerprint density at radius 1 is 1.14 bits per heavy atom. The van der Waals surface area contributed by atoms with Gasteiger partial charge in [-0.05, 0) is 12.1 Å². The summed E-state index contributed by atoms with van der Waals surface area (Å²) >= 11 is 0. The van der Waals surface area contributed by atoms with Gasteiger partial charge in [-0.3, -0.25) is 10.1 Å². The van der Waals surface area contributed by atoms with Crippen LogP contribution in [0, 0.1) is 10.1 Å². The summed E-state index contributed by atoms with van der Waals surface area (Å²) in [5.41, 5.74) is 1.48. The zero-order valence-corrected chi connectivity index (χ0v) is 12.0. The number of benzene rings is 2. The molecule has 3 aromatic rings. The lowest BCUT2D eigenvalue weighted by Gasteiger charge is -2.15. The van der Waals surface area contributed by atoms with E-state index >= 15 is 0 Å². The molecule has 0 radical (unpaired) electrons. The van der Waals surface area contributed by atoms with Crippen LogP contribution < -0.4 is 9.47 Å². The van der Waals surface area contributed by atoms with E-state index in [2.05, 4.69) is 0 Å². The smallest absolute Gasteiger partial charge is 0.277 e. The summed E-state index contributed by atoms with van der Waals surface area (Å²) < 4.78 is 15.9. The Hall–Kier alpha value is -3.02. The molecule has 1 heterocycles. The van der Waals surface area contributed by atoms with Crippen LogP contribution in [0.25, 0.3) is 21.9 Å². The average Bonchev–Trinajstić information content (AvgIpc) is 3.05. The highest BCUT2D eigenvalue weighted by atomic mass is 16.6. The summed E-state index contributed by atoms with van der Waals surface area (Å²) in [6.45, 7) is 0. The van der Waals surface area contributed by atoms with E-state index in [0.29, 0.717) is 27.8 Å². The largest absolute Gasteiger partial charge is 0.493 e. The Morgan fingerprint density at radius 2 is 1.95 bits per heavy atom. The van der Waals surface area contributed by atoms with Gasteiger partial charge in [0.2, 0.25) is 0 Å². The SMILES string of the molecule is COc1cc2c([N+](=O)[O-])cccc2c(-c2ccoc2)c1OC. The van der Waals surface area contributed by atoms with Crippen molar-refractivity contribution < 1.29 is 18.8 Å². The molecule has 6 heteroatoms. The minimum Gasteiger partial charge on any atom is -0.493 e. The lowest BCUT2D eigenvalue weighted by molar-refractivity contribution is -0.383. The summed E-state index contributed by atoms with van der Waals surface area (Å²) in [6, 6.07) is 8.32. The van der Waals surface area contributed by atoms with E-state index in [1.54, 1.807) is 24.5 Å². The van der Waals surface area contributed by atoms with Crippen molar-refractivity contribution in [3.63, 3.8) is 0 Å². The van der Waals surface area contributed by atoms with E-state index < -0.39 is 4.92 Å². The third-order valence-corrected chi connectivity index (χ3v) is 3.51. The Labute approximate surface area is 126 Å². The fraction of sp³-hybridized carbons (Fsp3) is 0.125. The molecule has 2 aromatic carbocycles. The molecular weight excluding hydrogens is 286 g/mol. The normalized spacial score (nSPS) is 10.6. The molecular formula is C16H13NO5. The first-order valence-corrected chi connectivity index (χ1v) is 6.52. The fourth-order valence-corrected chi connectivity index (χ4v) is 2.57. The van der Waals surface area contributed by atoms with Crippen LogP contribution in [0.1, 0.15) is 0 Å². The quantitative estimate of drug-likeness (QED) is 0.537. The van der Waals surface area contributed by atoms with E-state index in [0.717, 1.165) is 5.56 Å². The molecule has 0 aliphatic carbocycles. The van der Waals surface area contributed by atoms with Gasteiger partial charge in [0.15, 0.2) is 11.5 Å². The number of methoxy groups -OCH3 is 2. The van der Waals surface area contributed by atoms with Gasteiger partial charge in [0.1, 0.15) is 0 Å². The molecule has 0 fully saturated rings. The molecule has 1 aromatic heterocycles. The van der Waals surface area contributed by atoms with Crippen LogP contribution in [0.15, 0.2) is 47.3 Å². The second-order valence-corrected chi connectivity index (χ2v) is 4.63. The fourth-order valence-electron chi connectivity index (χ4n) is 2.57. The number of nitro groups is 1. The first kappa shape index (κ1) is 13.9. The number of non-ortho nitro benzene ring substituents is 1. The molecule has 0 saturated carbocycles. The van der Waals surface area contributed by atoms with Gasteiger partial charge in [0.05, 0.1) is 37.1 Å². The molecule has 0 unspecified atom stereocenters. The number of nitro benzene ring substituents is 1. The Bertz CT molecular complexity index is 839. The van der Waals surface area contributed by atoms with Crippen molar-refractivity contribution in [1.29, 1.82) is 0 Å².